The fourth-order valence-corrected chi connectivity index (χ4v) is 4.10. The largest absolute Gasteiger partial charge is 0.493 e. The first-order valence-corrected chi connectivity index (χ1v) is 8.65. The molecule has 1 aliphatic heterocycles. The van der Waals surface area contributed by atoms with Gasteiger partial charge in [0.25, 0.3) is 0 Å². The van der Waals surface area contributed by atoms with Crippen molar-refractivity contribution in [1.29, 1.82) is 0 Å². The van der Waals surface area contributed by atoms with Gasteiger partial charge in [-0.25, -0.2) is 4.31 Å². The molecular weight excluding hydrogens is 355 g/mol. The smallest absolute Gasteiger partial charge is 0.122 e. The zero-order valence-corrected chi connectivity index (χ0v) is 14.6. The van der Waals surface area contributed by atoms with E-state index in [0.29, 0.717) is 16.7 Å². The summed E-state index contributed by atoms with van der Waals surface area (Å²) in [5.74, 6) is 0.764. The highest BCUT2D eigenvalue weighted by Crippen LogP contribution is 2.41. The van der Waals surface area contributed by atoms with Crippen molar-refractivity contribution in [3.05, 3.63) is 52.8 Å². The summed E-state index contributed by atoms with van der Waals surface area (Å²) in [7, 11) is 0. The number of ether oxygens (including phenoxy) is 1. The molecule has 3 rings (SSSR count). The first kappa shape index (κ1) is 16.9. The first-order chi connectivity index (χ1) is 11.1. The molecule has 4 nitrogen and oxygen atoms in total. The maximum atomic E-state index is 9.72. The van der Waals surface area contributed by atoms with Gasteiger partial charge in [-0.2, -0.15) is 0 Å². The van der Waals surface area contributed by atoms with Crippen LogP contribution >= 0.6 is 35.1 Å². The van der Waals surface area contributed by atoms with Crippen LogP contribution in [0, 0.1) is 5.41 Å². The van der Waals surface area contributed by atoms with Crippen LogP contribution in [-0.4, -0.2) is 40.7 Å². The van der Waals surface area contributed by atoms with Crippen molar-refractivity contribution < 1.29 is 9.84 Å². The molecule has 0 bridgehead atoms. The van der Waals surface area contributed by atoms with Gasteiger partial charge in [-0.15, -0.1) is 0 Å². The van der Waals surface area contributed by atoms with Gasteiger partial charge in [-0.05, 0) is 42.3 Å². The maximum absolute atomic E-state index is 9.72. The third-order valence-corrected chi connectivity index (χ3v) is 5.40. The van der Waals surface area contributed by atoms with E-state index in [0.717, 1.165) is 23.7 Å². The van der Waals surface area contributed by atoms with Crippen LogP contribution in [0.1, 0.15) is 0 Å². The van der Waals surface area contributed by atoms with Gasteiger partial charge in [-0.1, -0.05) is 23.2 Å². The standard InChI is InChI=1S/C16H16Cl2N2O2S/c17-12-1-2-15(14(18)7-12)23-20-8-16(9-20,10-21)11-22-13-3-5-19-6-4-13/h1-7,21H,8-11H2. The van der Waals surface area contributed by atoms with Gasteiger partial charge >= 0.3 is 0 Å². The van der Waals surface area contributed by atoms with Crippen LogP contribution in [0.15, 0.2) is 47.6 Å². The Hall–Kier alpha value is -0.980. The van der Waals surface area contributed by atoms with Crippen LogP contribution < -0.4 is 4.74 Å². The lowest BCUT2D eigenvalue weighted by atomic mass is 9.83. The number of hydrogen-bond acceptors (Lipinski definition) is 5. The van der Waals surface area contributed by atoms with Gasteiger partial charge in [0.05, 0.1) is 23.7 Å². The number of benzene rings is 1. The Labute approximate surface area is 149 Å². The SMILES string of the molecule is OCC1(COc2ccncc2)CN(Sc2ccc(Cl)cc2Cl)C1. The van der Waals surface area contributed by atoms with Gasteiger partial charge in [0, 0.05) is 35.4 Å². The molecule has 0 spiro atoms. The quantitative estimate of drug-likeness (QED) is 0.784. The average Bonchev–Trinajstić information content (AvgIpc) is 2.52. The van der Waals surface area contributed by atoms with Crippen LogP contribution in [0.3, 0.4) is 0 Å². The van der Waals surface area contributed by atoms with Crippen LogP contribution in [0.25, 0.3) is 0 Å². The zero-order chi connectivity index (χ0) is 16.3. The van der Waals surface area contributed by atoms with Gasteiger partial charge < -0.3 is 9.84 Å². The lowest BCUT2D eigenvalue weighted by molar-refractivity contribution is -0.0226. The third-order valence-electron chi connectivity index (χ3n) is 3.68. The number of aliphatic hydroxyl groups is 1. The molecule has 1 fully saturated rings. The van der Waals surface area contributed by atoms with E-state index in [1.165, 1.54) is 0 Å². The van der Waals surface area contributed by atoms with E-state index in [-0.39, 0.29) is 12.0 Å². The fourth-order valence-electron chi connectivity index (χ4n) is 2.36. The minimum absolute atomic E-state index is 0.0868. The number of halogens is 2. The van der Waals surface area contributed by atoms with Crippen molar-refractivity contribution in [2.45, 2.75) is 4.90 Å². The molecule has 2 aromatic rings. The van der Waals surface area contributed by atoms with E-state index in [2.05, 4.69) is 9.29 Å². The number of pyridine rings is 1. The molecule has 2 heterocycles. The van der Waals surface area contributed by atoms with Gasteiger partial charge in [0.1, 0.15) is 5.75 Å². The van der Waals surface area contributed by atoms with Crippen molar-refractivity contribution >= 4 is 35.1 Å². The maximum Gasteiger partial charge on any atom is 0.122 e. The Bertz CT molecular complexity index is 666. The second-order valence-electron chi connectivity index (χ2n) is 5.59. The monoisotopic (exact) mass is 370 g/mol. The molecule has 23 heavy (non-hydrogen) atoms. The summed E-state index contributed by atoms with van der Waals surface area (Å²) in [6.07, 6.45) is 3.37. The molecule has 0 saturated carbocycles. The van der Waals surface area contributed by atoms with E-state index in [4.69, 9.17) is 27.9 Å². The lowest BCUT2D eigenvalue weighted by Crippen LogP contribution is -2.58. The average molecular weight is 371 g/mol. The Kier molecular flexibility index (Phi) is 5.34. The molecule has 122 valence electrons. The molecule has 0 amide bonds. The topological polar surface area (TPSA) is 45.6 Å². The number of rotatable bonds is 6. The van der Waals surface area contributed by atoms with Crippen molar-refractivity contribution in [3.8, 4) is 5.75 Å². The van der Waals surface area contributed by atoms with Crippen LogP contribution in [0.2, 0.25) is 10.0 Å². The fraction of sp³-hybridized carbons (Fsp3) is 0.312. The molecule has 1 aromatic carbocycles. The number of aromatic nitrogens is 1. The minimum Gasteiger partial charge on any atom is -0.493 e. The number of aliphatic hydroxyl groups excluding tert-OH is 1. The highest BCUT2D eigenvalue weighted by molar-refractivity contribution is 7.97. The van der Waals surface area contributed by atoms with Crippen LogP contribution in [-0.2, 0) is 0 Å². The highest BCUT2D eigenvalue weighted by atomic mass is 35.5. The Morgan fingerprint density at radius 3 is 2.61 bits per heavy atom. The Morgan fingerprint density at radius 1 is 1.22 bits per heavy atom. The summed E-state index contributed by atoms with van der Waals surface area (Å²) in [6.45, 7) is 2.03. The van der Waals surface area contributed by atoms with E-state index in [1.807, 2.05) is 24.3 Å². The second-order valence-corrected chi connectivity index (χ2v) is 7.58. The molecule has 0 radical (unpaired) electrons. The molecule has 0 aliphatic carbocycles. The van der Waals surface area contributed by atoms with Crippen LogP contribution in [0.4, 0.5) is 0 Å². The Morgan fingerprint density at radius 2 is 1.96 bits per heavy atom. The van der Waals surface area contributed by atoms with E-state index in [9.17, 15) is 5.11 Å². The number of hydrogen-bond donors (Lipinski definition) is 1. The molecule has 0 unspecified atom stereocenters. The number of nitrogens with zero attached hydrogens (tertiary/aromatic N) is 2. The van der Waals surface area contributed by atoms with Gasteiger partial charge in [0.15, 0.2) is 0 Å². The molecular formula is C16H16Cl2N2O2S. The summed E-state index contributed by atoms with van der Waals surface area (Å²) in [4.78, 5) is 4.91. The van der Waals surface area contributed by atoms with Gasteiger partial charge in [-0.3, -0.25) is 4.98 Å². The van der Waals surface area contributed by atoms with Gasteiger partial charge in [0.2, 0.25) is 0 Å². The molecule has 0 atom stereocenters. The molecule has 1 saturated heterocycles. The van der Waals surface area contributed by atoms with E-state index >= 15 is 0 Å². The van der Waals surface area contributed by atoms with Crippen molar-refractivity contribution in [2.75, 3.05) is 26.3 Å². The predicted molar refractivity (Wildman–Crippen MR) is 93.1 cm³/mol. The summed E-state index contributed by atoms with van der Waals surface area (Å²) >= 11 is 13.7. The molecule has 1 N–H and O–H groups in total. The van der Waals surface area contributed by atoms with E-state index in [1.54, 1.807) is 30.4 Å². The second kappa shape index (κ2) is 7.28. The minimum atomic E-state index is -0.241. The summed E-state index contributed by atoms with van der Waals surface area (Å²) < 4.78 is 7.92. The van der Waals surface area contributed by atoms with Crippen molar-refractivity contribution in [2.24, 2.45) is 5.41 Å². The summed E-state index contributed by atoms with van der Waals surface area (Å²) in [5.41, 5.74) is -0.241. The zero-order valence-electron chi connectivity index (χ0n) is 12.3. The van der Waals surface area contributed by atoms with Crippen LogP contribution in [0.5, 0.6) is 5.75 Å². The summed E-state index contributed by atoms with van der Waals surface area (Å²) in [6, 6.07) is 9.08. The lowest BCUT2D eigenvalue weighted by Gasteiger charge is -2.47. The first-order valence-electron chi connectivity index (χ1n) is 7.12. The molecule has 1 aromatic heterocycles. The van der Waals surface area contributed by atoms with Crippen molar-refractivity contribution in [3.63, 3.8) is 0 Å². The molecule has 7 heteroatoms. The third kappa shape index (κ3) is 4.11. The normalized spacial score (nSPS) is 16.8. The Balaban J connectivity index is 1.54. The van der Waals surface area contributed by atoms with E-state index < -0.39 is 0 Å². The van der Waals surface area contributed by atoms with Crippen molar-refractivity contribution in [1.82, 2.24) is 9.29 Å². The summed E-state index contributed by atoms with van der Waals surface area (Å²) in [5, 5.41) is 11.0. The highest BCUT2D eigenvalue weighted by Gasteiger charge is 2.44. The molecule has 1 aliphatic rings. The predicted octanol–water partition coefficient (Wildman–Crippen LogP) is 3.77.